The summed E-state index contributed by atoms with van der Waals surface area (Å²) >= 11 is 0. The summed E-state index contributed by atoms with van der Waals surface area (Å²) in [5, 5.41) is 0. The summed E-state index contributed by atoms with van der Waals surface area (Å²) < 4.78 is 4.63. The van der Waals surface area contributed by atoms with Crippen molar-refractivity contribution in [2.75, 3.05) is 7.11 Å². The third kappa shape index (κ3) is 2.80. The Morgan fingerprint density at radius 1 is 0.947 bits per heavy atom. The second kappa shape index (κ2) is 5.35. The average molecular weight is 255 g/mol. The van der Waals surface area contributed by atoms with Crippen LogP contribution in [0.4, 0.5) is 0 Å². The van der Waals surface area contributed by atoms with Crippen LogP contribution >= 0.6 is 0 Å². The molecule has 0 saturated carbocycles. The summed E-state index contributed by atoms with van der Waals surface area (Å²) in [7, 11) is 1.34. The van der Waals surface area contributed by atoms with Gasteiger partial charge in [0.25, 0.3) is 0 Å². The van der Waals surface area contributed by atoms with E-state index >= 15 is 0 Å². The Labute approximate surface area is 110 Å². The molecule has 2 aromatic carbocycles. The molecule has 19 heavy (non-hydrogen) atoms. The number of amides is 1. The number of hydrogen-bond acceptors (Lipinski definition) is 3. The lowest BCUT2D eigenvalue weighted by molar-refractivity contribution is 0.0600. The molecule has 0 aromatic heterocycles. The summed E-state index contributed by atoms with van der Waals surface area (Å²) in [5.41, 5.74) is 7.95. The fourth-order valence-electron chi connectivity index (χ4n) is 1.77. The van der Waals surface area contributed by atoms with Gasteiger partial charge in [-0.1, -0.05) is 24.3 Å². The van der Waals surface area contributed by atoms with Crippen LogP contribution in [0.15, 0.2) is 48.5 Å². The quantitative estimate of drug-likeness (QED) is 0.855. The van der Waals surface area contributed by atoms with Gasteiger partial charge in [0.15, 0.2) is 0 Å². The van der Waals surface area contributed by atoms with E-state index in [2.05, 4.69) is 4.74 Å². The van der Waals surface area contributed by atoms with Crippen molar-refractivity contribution in [3.05, 3.63) is 59.7 Å². The van der Waals surface area contributed by atoms with Crippen molar-refractivity contribution in [2.45, 2.75) is 0 Å². The Kier molecular flexibility index (Phi) is 3.61. The molecule has 2 rings (SSSR count). The van der Waals surface area contributed by atoms with Crippen LogP contribution in [0.1, 0.15) is 20.7 Å². The van der Waals surface area contributed by atoms with Crippen LogP contribution in [0.25, 0.3) is 11.1 Å². The van der Waals surface area contributed by atoms with Crippen molar-refractivity contribution in [3.8, 4) is 11.1 Å². The third-order valence-corrected chi connectivity index (χ3v) is 2.79. The van der Waals surface area contributed by atoms with E-state index in [1.165, 1.54) is 7.11 Å². The lowest BCUT2D eigenvalue weighted by Gasteiger charge is -2.05. The maximum Gasteiger partial charge on any atom is 0.337 e. The lowest BCUT2D eigenvalue weighted by Crippen LogP contribution is -2.10. The minimum absolute atomic E-state index is 0.377. The predicted octanol–water partition coefficient (Wildman–Crippen LogP) is 2.24. The van der Waals surface area contributed by atoms with Gasteiger partial charge in [-0.05, 0) is 35.4 Å². The van der Waals surface area contributed by atoms with Crippen LogP contribution < -0.4 is 5.73 Å². The van der Waals surface area contributed by atoms with Crippen molar-refractivity contribution in [2.24, 2.45) is 5.73 Å². The highest BCUT2D eigenvalue weighted by Crippen LogP contribution is 2.21. The summed E-state index contributed by atoms with van der Waals surface area (Å²) in [5.74, 6) is -0.842. The number of rotatable bonds is 3. The molecule has 0 saturated heterocycles. The molecule has 96 valence electrons. The Hall–Kier alpha value is -2.62. The van der Waals surface area contributed by atoms with Crippen LogP contribution in [-0.4, -0.2) is 19.0 Å². The Balaban J connectivity index is 2.34. The first-order valence-corrected chi connectivity index (χ1v) is 5.70. The maximum absolute atomic E-state index is 11.3. The number of benzene rings is 2. The molecule has 0 aliphatic rings. The molecule has 4 nitrogen and oxygen atoms in total. The van der Waals surface area contributed by atoms with Gasteiger partial charge < -0.3 is 10.5 Å². The Morgan fingerprint density at radius 3 is 2.21 bits per heavy atom. The second-order valence-corrected chi connectivity index (χ2v) is 4.01. The van der Waals surface area contributed by atoms with Gasteiger partial charge in [0.1, 0.15) is 0 Å². The molecule has 0 radical (unpaired) electrons. The van der Waals surface area contributed by atoms with E-state index in [1.54, 1.807) is 42.5 Å². The molecule has 0 aliphatic carbocycles. The summed E-state index contributed by atoms with van der Waals surface area (Å²) in [4.78, 5) is 22.4. The van der Waals surface area contributed by atoms with E-state index in [0.29, 0.717) is 11.1 Å². The molecule has 4 heteroatoms. The largest absolute Gasteiger partial charge is 0.465 e. The smallest absolute Gasteiger partial charge is 0.337 e. The highest BCUT2D eigenvalue weighted by Gasteiger charge is 2.06. The second-order valence-electron chi connectivity index (χ2n) is 4.01. The van der Waals surface area contributed by atoms with Gasteiger partial charge in [-0.25, -0.2) is 4.79 Å². The molecule has 0 heterocycles. The van der Waals surface area contributed by atoms with Gasteiger partial charge in [0.2, 0.25) is 5.91 Å². The standard InChI is InChI=1S/C15H13NO3/c1-19-15(18)11-7-5-10(6-8-11)12-3-2-4-13(9-12)14(16)17/h2-9H,1H3,(H2,16,17). The molecular formula is C15H13NO3. The zero-order valence-electron chi connectivity index (χ0n) is 10.4. The number of carbonyl (C=O) groups excluding carboxylic acids is 2. The highest BCUT2D eigenvalue weighted by atomic mass is 16.5. The summed E-state index contributed by atoms with van der Waals surface area (Å²) in [6.45, 7) is 0. The third-order valence-electron chi connectivity index (χ3n) is 2.79. The first-order valence-electron chi connectivity index (χ1n) is 5.70. The first-order chi connectivity index (χ1) is 9.11. The highest BCUT2D eigenvalue weighted by molar-refractivity contribution is 5.94. The van der Waals surface area contributed by atoms with E-state index < -0.39 is 5.91 Å². The molecule has 0 atom stereocenters. The fourth-order valence-corrected chi connectivity index (χ4v) is 1.77. The van der Waals surface area contributed by atoms with Crippen molar-refractivity contribution in [3.63, 3.8) is 0 Å². The zero-order valence-corrected chi connectivity index (χ0v) is 10.4. The molecule has 2 aromatic rings. The van der Waals surface area contributed by atoms with Gasteiger partial charge in [-0.3, -0.25) is 4.79 Å². The average Bonchev–Trinajstić information content (AvgIpc) is 2.46. The molecule has 0 aliphatic heterocycles. The van der Waals surface area contributed by atoms with E-state index in [1.807, 2.05) is 6.07 Å². The monoisotopic (exact) mass is 255 g/mol. The SMILES string of the molecule is COC(=O)c1ccc(-c2cccc(C(N)=O)c2)cc1. The van der Waals surface area contributed by atoms with Gasteiger partial charge in [0, 0.05) is 5.56 Å². The van der Waals surface area contributed by atoms with Crippen molar-refractivity contribution < 1.29 is 14.3 Å². The van der Waals surface area contributed by atoms with Crippen LogP contribution in [0.5, 0.6) is 0 Å². The number of nitrogens with two attached hydrogens (primary N) is 1. The summed E-state index contributed by atoms with van der Waals surface area (Å²) in [6.07, 6.45) is 0. The maximum atomic E-state index is 11.3. The van der Waals surface area contributed by atoms with Gasteiger partial charge in [0.05, 0.1) is 12.7 Å². The topological polar surface area (TPSA) is 69.4 Å². The Morgan fingerprint density at radius 2 is 1.63 bits per heavy atom. The molecule has 0 fully saturated rings. The van der Waals surface area contributed by atoms with Gasteiger partial charge in [-0.2, -0.15) is 0 Å². The number of esters is 1. The molecule has 0 bridgehead atoms. The summed E-state index contributed by atoms with van der Waals surface area (Å²) in [6, 6.07) is 14.0. The molecule has 0 unspecified atom stereocenters. The molecular weight excluding hydrogens is 242 g/mol. The fraction of sp³-hybridized carbons (Fsp3) is 0.0667. The number of carbonyl (C=O) groups is 2. The zero-order chi connectivity index (χ0) is 13.8. The number of methoxy groups -OCH3 is 1. The normalized spacial score (nSPS) is 9.95. The predicted molar refractivity (Wildman–Crippen MR) is 71.7 cm³/mol. The van der Waals surface area contributed by atoms with Crippen LogP contribution in [0.3, 0.4) is 0 Å². The number of primary amides is 1. The van der Waals surface area contributed by atoms with Crippen LogP contribution in [-0.2, 0) is 4.74 Å². The Bertz CT molecular complexity index is 618. The first kappa shape index (κ1) is 12.8. The molecule has 0 spiro atoms. The number of ether oxygens (including phenoxy) is 1. The van der Waals surface area contributed by atoms with E-state index in [0.717, 1.165) is 11.1 Å². The minimum atomic E-state index is -0.465. The van der Waals surface area contributed by atoms with Crippen molar-refractivity contribution >= 4 is 11.9 Å². The molecule has 1 amide bonds. The van der Waals surface area contributed by atoms with Crippen molar-refractivity contribution in [1.82, 2.24) is 0 Å². The van der Waals surface area contributed by atoms with E-state index in [9.17, 15) is 9.59 Å². The van der Waals surface area contributed by atoms with E-state index in [-0.39, 0.29) is 5.97 Å². The van der Waals surface area contributed by atoms with Crippen LogP contribution in [0.2, 0.25) is 0 Å². The van der Waals surface area contributed by atoms with E-state index in [4.69, 9.17) is 5.73 Å². The molecule has 2 N–H and O–H groups in total. The number of hydrogen-bond donors (Lipinski definition) is 1. The lowest BCUT2D eigenvalue weighted by atomic mass is 10.0. The van der Waals surface area contributed by atoms with Gasteiger partial charge in [-0.15, -0.1) is 0 Å². The van der Waals surface area contributed by atoms with Crippen molar-refractivity contribution in [1.29, 1.82) is 0 Å². The van der Waals surface area contributed by atoms with Crippen LogP contribution in [0, 0.1) is 0 Å². The minimum Gasteiger partial charge on any atom is -0.465 e. The van der Waals surface area contributed by atoms with Gasteiger partial charge >= 0.3 is 5.97 Å².